The lowest BCUT2D eigenvalue weighted by Crippen LogP contribution is -2.09. The van der Waals surface area contributed by atoms with Crippen molar-refractivity contribution in [3.05, 3.63) is 69.4 Å². The van der Waals surface area contributed by atoms with E-state index < -0.39 is 28.8 Å². The van der Waals surface area contributed by atoms with Gasteiger partial charge in [-0.15, -0.1) is 0 Å². The second kappa shape index (κ2) is 4.94. The monoisotopic (exact) mass is 314 g/mol. The Labute approximate surface area is 109 Å². The molecule has 1 nitrogen and oxygen atoms in total. The predicted molar refractivity (Wildman–Crippen MR) is 63.9 cm³/mol. The summed E-state index contributed by atoms with van der Waals surface area (Å²) in [6, 6.07) is 6.67. The average Bonchev–Trinajstić information content (AvgIpc) is 2.32. The maximum absolute atomic E-state index is 13.5. The number of rotatable bonds is 2. The number of carbonyl (C=O) groups excluding carboxylic acids is 1. The van der Waals surface area contributed by atoms with Gasteiger partial charge in [0, 0.05) is 4.47 Å². The molecule has 5 heteroatoms. The highest BCUT2D eigenvalue weighted by Gasteiger charge is 2.21. The van der Waals surface area contributed by atoms with E-state index in [1.807, 2.05) is 0 Å². The Morgan fingerprint density at radius 1 is 0.944 bits per heavy atom. The number of hydrogen-bond donors (Lipinski definition) is 0. The molecule has 0 amide bonds. The smallest absolute Gasteiger partial charge is 0.201 e. The van der Waals surface area contributed by atoms with Crippen LogP contribution in [0.4, 0.5) is 13.2 Å². The fourth-order valence-corrected chi connectivity index (χ4v) is 1.88. The molecule has 0 aliphatic heterocycles. The largest absolute Gasteiger partial charge is 0.288 e. The van der Waals surface area contributed by atoms with Gasteiger partial charge in [0.2, 0.25) is 5.78 Å². The molecule has 0 aliphatic carbocycles. The summed E-state index contributed by atoms with van der Waals surface area (Å²) in [5, 5.41) is 0. The zero-order chi connectivity index (χ0) is 13.3. The van der Waals surface area contributed by atoms with E-state index >= 15 is 0 Å². The van der Waals surface area contributed by atoms with Gasteiger partial charge in [0.05, 0.1) is 11.1 Å². The normalized spacial score (nSPS) is 10.4. The number of halogens is 4. The van der Waals surface area contributed by atoms with Crippen molar-refractivity contribution >= 4 is 21.7 Å². The number of ketones is 1. The molecule has 0 radical (unpaired) electrons. The van der Waals surface area contributed by atoms with Gasteiger partial charge in [-0.25, -0.2) is 13.2 Å². The third kappa shape index (κ3) is 2.31. The summed E-state index contributed by atoms with van der Waals surface area (Å²) in [6.45, 7) is 0. The molecule has 2 aromatic rings. The highest BCUT2D eigenvalue weighted by Crippen LogP contribution is 2.21. The lowest BCUT2D eigenvalue weighted by atomic mass is 10.0. The summed E-state index contributed by atoms with van der Waals surface area (Å²) < 4.78 is 40.8. The molecule has 0 heterocycles. The van der Waals surface area contributed by atoms with Crippen LogP contribution in [0.15, 0.2) is 40.9 Å². The predicted octanol–water partition coefficient (Wildman–Crippen LogP) is 4.10. The van der Waals surface area contributed by atoms with Crippen LogP contribution in [-0.4, -0.2) is 5.78 Å². The van der Waals surface area contributed by atoms with Crippen LogP contribution in [0.2, 0.25) is 0 Å². The van der Waals surface area contributed by atoms with Crippen molar-refractivity contribution in [2.75, 3.05) is 0 Å². The summed E-state index contributed by atoms with van der Waals surface area (Å²) in [5.74, 6) is -3.88. The van der Waals surface area contributed by atoms with Crippen LogP contribution in [0.1, 0.15) is 15.9 Å². The molecular weight excluding hydrogens is 309 g/mol. The van der Waals surface area contributed by atoms with Crippen LogP contribution in [-0.2, 0) is 0 Å². The third-order valence-corrected chi connectivity index (χ3v) is 2.86. The van der Waals surface area contributed by atoms with Gasteiger partial charge in [0.25, 0.3) is 0 Å². The van der Waals surface area contributed by atoms with E-state index in [-0.39, 0.29) is 5.56 Å². The van der Waals surface area contributed by atoms with Crippen molar-refractivity contribution in [3.8, 4) is 0 Å². The quantitative estimate of drug-likeness (QED) is 0.763. The van der Waals surface area contributed by atoms with Gasteiger partial charge < -0.3 is 0 Å². The fraction of sp³-hybridized carbons (Fsp3) is 0. The van der Waals surface area contributed by atoms with Crippen molar-refractivity contribution < 1.29 is 18.0 Å². The fourth-order valence-electron chi connectivity index (χ4n) is 1.52. The topological polar surface area (TPSA) is 17.1 Å². The lowest BCUT2D eigenvalue weighted by Gasteiger charge is -2.05. The SMILES string of the molecule is O=C(c1cc(Br)ccc1F)c1c(F)cccc1F. The highest BCUT2D eigenvalue weighted by molar-refractivity contribution is 9.10. The van der Waals surface area contributed by atoms with Crippen LogP contribution < -0.4 is 0 Å². The van der Waals surface area contributed by atoms with Gasteiger partial charge in [-0.1, -0.05) is 22.0 Å². The lowest BCUT2D eigenvalue weighted by molar-refractivity contribution is 0.102. The molecule has 0 atom stereocenters. The van der Waals surface area contributed by atoms with E-state index in [9.17, 15) is 18.0 Å². The van der Waals surface area contributed by atoms with E-state index in [2.05, 4.69) is 15.9 Å². The molecule has 0 saturated heterocycles. The first-order valence-corrected chi connectivity index (χ1v) is 5.74. The van der Waals surface area contributed by atoms with Crippen LogP contribution in [0.5, 0.6) is 0 Å². The second-order valence-electron chi connectivity index (χ2n) is 3.55. The van der Waals surface area contributed by atoms with Crippen molar-refractivity contribution in [1.29, 1.82) is 0 Å². The molecule has 0 aromatic heterocycles. The minimum atomic E-state index is -1.02. The zero-order valence-corrected chi connectivity index (χ0v) is 10.5. The molecule has 0 spiro atoms. The Hall–Kier alpha value is -1.62. The van der Waals surface area contributed by atoms with Crippen LogP contribution in [0.25, 0.3) is 0 Å². The van der Waals surface area contributed by atoms with Gasteiger partial charge in [0.15, 0.2) is 0 Å². The Bertz CT molecular complexity index is 605. The molecule has 2 rings (SSSR count). The Balaban J connectivity index is 2.58. The first-order chi connectivity index (χ1) is 8.50. The van der Waals surface area contributed by atoms with Gasteiger partial charge in [-0.3, -0.25) is 4.79 Å². The molecule has 0 saturated carbocycles. The molecule has 0 fully saturated rings. The molecular formula is C13H6BrF3O. The van der Waals surface area contributed by atoms with E-state index in [0.717, 1.165) is 24.3 Å². The maximum Gasteiger partial charge on any atom is 0.201 e. The summed E-state index contributed by atoms with van der Waals surface area (Å²) in [7, 11) is 0. The highest BCUT2D eigenvalue weighted by atomic mass is 79.9. The summed E-state index contributed by atoms with van der Waals surface area (Å²) in [4.78, 5) is 11.9. The maximum atomic E-state index is 13.5. The van der Waals surface area contributed by atoms with Gasteiger partial charge in [-0.05, 0) is 30.3 Å². The number of benzene rings is 2. The second-order valence-corrected chi connectivity index (χ2v) is 4.47. The first-order valence-electron chi connectivity index (χ1n) is 4.94. The minimum absolute atomic E-state index is 0.381. The van der Waals surface area contributed by atoms with Gasteiger partial charge in [0.1, 0.15) is 17.5 Å². The molecule has 2 aromatic carbocycles. The third-order valence-electron chi connectivity index (χ3n) is 2.36. The number of hydrogen-bond acceptors (Lipinski definition) is 1. The van der Waals surface area contributed by atoms with Crippen molar-refractivity contribution in [2.24, 2.45) is 0 Å². The molecule has 0 bridgehead atoms. The van der Waals surface area contributed by atoms with Crippen molar-refractivity contribution in [2.45, 2.75) is 0 Å². The van der Waals surface area contributed by atoms with E-state index in [1.165, 1.54) is 12.1 Å². The molecule has 0 N–H and O–H groups in total. The van der Waals surface area contributed by atoms with Gasteiger partial charge >= 0.3 is 0 Å². The summed E-state index contributed by atoms with van der Waals surface area (Å²) >= 11 is 3.07. The Morgan fingerprint density at radius 2 is 1.56 bits per heavy atom. The van der Waals surface area contributed by atoms with Crippen LogP contribution >= 0.6 is 15.9 Å². The minimum Gasteiger partial charge on any atom is -0.288 e. The van der Waals surface area contributed by atoms with E-state index in [4.69, 9.17) is 0 Å². The Kier molecular flexibility index (Phi) is 3.52. The van der Waals surface area contributed by atoms with E-state index in [1.54, 1.807) is 0 Å². The van der Waals surface area contributed by atoms with Gasteiger partial charge in [-0.2, -0.15) is 0 Å². The van der Waals surface area contributed by atoms with Crippen molar-refractivity contribution in [3.63, 3.8) is 0 Å². The molecule has 0 unspecified atom stereocenters. The van der Waals surface area contributed by atoms with Crippen molar-refractivity contribution in [1.82, 2.24) is 0 Å². The number of carbonyl (C=O) groups is 1. The molecule has 0 aliphatic rings. The van der Waals surface area contributed by atoms with Crippen LogP contribution in [0, 0.1) is 17.5 Å². The summed E-state index contributed by atoms with van der Waals surface area (Å²) in [6.07, 6.45) is 0. The Morgan fingerprint density at radius 3 is 2.17 bits per heavy atom. The standard InChI is InChI=1S/C13H6BrF3O/c14-7-4-5-9(15)8(6-7)13(18)12-10(16)2-1-3-11(12)17/h1-6H. The zero-order valence-electron chi connectivity index (χ0n) is 8.88. The molecule has 92 valence electrons. The average molecular weight is 315 g/mol. The van der Waals surface area contributed by atoms with E-state index in [0.29, 0.717) is 4.47 Å². The first kappa shape index (κ1) is 12.8. The molecule has 18 heavy (non-hydrogen) atoms. The van der Waals surface area contributed by atoms with Crippen LogP contribution in [0.3, 0.4) is 0 Å². The summed E-state index contributed by atoms with van der Waals surface area (Å²) in [5.41, 5.74) is -1.14.